The predicted octanol–water partition coefficient (Wildman–Crippen LogP) is 6.59. The summed E-state index contributed by atoms with van der Waals surface area (Å²) >= 11 is 0. The fourth-order valence-corrected chi connectivity index (χ4v) is 3.69. The number of anilines is 1. The molecule has 1 aliphatic rings. The van der Waals surface area contributed by atoms with Gasteiger partial charge >= 0.3 is 7.12 Å². The lowest BCUT2D eigenvalue weighted by Gasteiger charge is -2.32. The molecule has 0 unspecified atom stereocenters. The van der Waals surface area contributed by atoms with Crippen molar-refractivity contribution in [2.24, 2.45) is 0 Å². The van der Waals surface area contributed by atoms with Crippen molar-refractivity contribution < 1.29 is 27.3 Å². The molecule has 1 fully saturated rings. The minimum Gasteiger partial charge on any atom is -0.460 e. The number of hydrogen-bond donors (Lipinski definition) is 1. The van der Waals surface area contributed by atoms with E-state index in [4.69, 9.17) is 13.7 Å². The Kier molecular flexibility index (Phi) is 7.22. The standard InChI is InChI=1S/C25H28BF2NO4.C2H6/c1-23(2,3)14-8-11-18(27)19(12-14)29-22(30)16-13-31-21-15(16)9-10-17(20(21)28)26-32-24(4,5)25(6,7)33-26;1-2/h8-13H,1-7H3,(H,29,30);1-2H3. The first-order valence-electron chi connectivity index (χ1n) is 11.9. The summed E-state index contributed by atoms with van der Waals surface area (Å²) in [7, 11) is -0.906. The van der Waals surface area contributed by atoms with Gasteiger partial charge in [-0.25, -0.2) is 8.78 Å². The van der Waals surface area contributed by atoms with Crippen LogP contribution in [0.5, 0.6) is 0 Å². The molecule has 8 heteroatoms. The SMILES string of the molecule is CC.CC(C)(C)c1ccc(F)c(NC(=O)c2coc3c(F)c(B4OC(C)(C)C(C)(C)O4)ccc23)c1. The van der Waals surface area contributed by atoms with Gasteiger partial charge in [-0.1, -0.05) is 52.8 Å². The van der Waals surface area contributed by atoms with Gasteiger partial charge in [0.2, 0.25) is 0 Å². The van der Waals surface area contributed by atoms with Crippen LogP contribution in [-0.2, 0) is 14.7 Å². The molecule has 0 spiro atoms. The third kappa shape index (κ3) is 5.00. The van der Waals surface area contributed by atoms with E-state index < -0.39 is 35.9 Å². The first-order chi connectivity index (χ1) is 16.2. The normalized spacial score (nSPS) is 16.7. The average Bonchev–Trinajstić information content (AvgIpc) is 3.29. The molecular weight excluding hydrogens is 451 g/mol. The number of benzene rings is 2. The van der Waals surface area contributed by atoms with Crippen LogP contribution < -0.4 is 10.8 Å². The van der Waals surface area contributed by atoms with Gasteiger partial charge in [0.15, 0.2) is 11.4 Å². The molecule has 3 aromatic rings. The Morgan fingerprint density at radius 1 is 0.971 bits per heavy atom. The Morgan fingerprint density at radius 3 is 2.14 bits per heavy atom. The molecule has 1 N–H and O–H groups in total. The van der Waals surface area contributed by atoms with Crippen LogP contribution in [0.2, 0.25) is 0 Å². The zero-order valence-corrected chi connectivity index (χ0v) is 21.9. The van der Waals surface area contributed by atoms with E-state index in [1.54, 1.807) is 18.2 Å². The summed E-state index contributed by atoms with van der Waals surface area (Å²) in [5, 5.41) is 2.86. The van der Waals surface area contributed by atoms with E-state index in [0.29, 0.717) is 0 Å². The van der Waals surface area contributed by atoms with Crippen molar-refractivity contribution in [1.82, 2.24) is 0 Å². The van der Waals surface area contributed by atoms with Crippen LogP contribution in [0.25, 0.3) is 11.0 Å². The summed E-state index contributed by atoms with van der Waals surface area (Å²) in [6, 6.07) is 7.71. The van der Waals surface area contributed by atoms with Crippen LogP contribution >= 0.6 is 0 Å². The molecule has 0 saturated carbocycles. The predicted molar refractivity (Wildman–Crippen MR) is 136 cm³/mol. The van der Waals surface area contributed by atoms with E-state index in [1.165, 1.54) is 18.4 Å². The monoisotopic (exact) mass is 485 g/mol. The van der Waals surface area contributed by atoms with Crippen molar-refractivity contribution >= 4 is 35.1 Å². The Bertz CT molecular complexity index is 1230. The van der Waals surface area contributed by atoms with E-state index in [2.05, 4.69) is 5.32 Å². The molecule has 2 aromatic carbocycles. The molecule has 1 aliphatic heterocycles. The molecule has 0 aliphatic carbocycles. The minimum absolute atomic E-state index is 0.0519. The van der Waals surface area contributed by atoms with Crippen molar-refractivity contribution in [3.05, 3.63) is 59.4 Å². The maximum absolute atomic E-state index is 15.3. The summed E-state index contributed by atoms with van der Waals surface area (Å²) in [6.07, 6.45) is 1.17. The quantitative estimate of drug-likeness (QED) is 0.426. The van der Waals surface area contributed by atoms with E-state index >= 15 is 4.39 Å². The Labute approximate surface area is 206 Å². The number of rotatable bonds is 3. The first-order valence-corrected chi connectivity index (χ1v) is 11.9. The van der Waals surface area contributed by atoms with Gasteiger partial charge in [-0.15, -0.1) is 0 Å². The number of amides is 1. The van der Waals surface area contributed by atoms with Crippen LogP contribution in [0, 0.1) is 11.6 Å². The molecule has 2 heterocycles. The highest BCUT2D eigenvalue weighted by molar-refractivity contribution is 6.62. The second kappa shape index (κ2) is 9.39. The minimum atomic E-state index is -0.906. The molecule has 35 heavy (non-hydrogen) atoms. The highest BCUT2D eigenvalue weighted by atomic mass is 19.1. The first kappa shape index (κ1) is 26.9. The van der Waals surface area contributed by atoms with Crippen molar-refractivity contribution in [1.29, 1.82) is 0 Å². The fourth-order valence-electron chi connectivity index (χ4n) is 3.69. The molecule has 1 aromatic heterocycles. The number of carbonyl (C=O) groups is 1. The molecule has 1 saturated heterocycles. The largest absolute Gasteiger partial charge is 0.498 e. The second-order valence-corrected chi connectivity index (χ2v) is 10.5. The van der Waals surface area contributed by atoms with E-state index in [0.717, 1.165) is 5.56 Å². The highest BCUT2D eigenvalue weighted by Gasteiger charge is 2.52. The second-order valence-electron chi connectivity index (χ2n) is 10.5. The van der Waals surface area contributed by atoms with Crippen LogP contribution in [0.1, 0.15) is 78.2 Å². The van der Waals surface area contributed by atoms with Crippen LogP contribution in [0.4, 0.5) is 14.5 Å². The topological polar surface area (TPSA) is 60.7 Å². The lowest BCUT2D eigenvalue weighted by Crippen LogP contribution is -2.41. The van der Waals surface area contributed by atoms with Gasteiger partial charge in [0.05, 0.1) is 22.5 Å². The molecule has 188 valence electrons. The van der Waals surface area contributed by atoms with E-state index in [9.17, 15) is 9.18 Å². The zero-order valence-electron chi connectivity index (χ0n) is 21.9. The Hall–Kier alpha value is -2.71. The van der Waals surface area contributed by atoms with Crippen LogP contribution in [0.3, 0.4) is 0 Å². The van der Waals surface area contributed by atoms with Gasteiger partial charge < -0.3 is 19.0 Å². The third-order valence-electron chi connectivity index (χ3n) is 6.54. The maximum Gasteiger partial charge on any atom is 0.498 e. The van der Waals surface area contributed by atoms with E-state index in [1.807, 2.05) is 62.3 Å². The maximum atomic E-state index is 15.3. The molecule has 0 atom stereocenters. The third-order valence-corrected chi connectivity index (χ3v) is 6.54. The molecule has 5 nitrogen and oxygen atoms in total. The number of carbonyl (C=O) groups excluding carboxylic acids is 1. The van der Waals surface area contributed by atoms with Gasteiger partial charge in [0, 0.05) is 10.8 Å². The lowest BCUT2D eigenvalue weighted by molar-refractivity contribution is 0.00578. The number of furan rings is 1. The van der Waals surface area contributed by atoms with Gasteiger partial charge in [-0.3, -0.25) is 4.79 Å². The Balaban J connectivity index is 0.00000167. The number of hydrogen-bond acceptors (Lipinski definition) is 4. The van der Waals surface area contributed by atoms with Crippen molar-refractivity contribution in [3.8, 4) is 0 Å². The summed E-state index contributed by atoms with van der Waals surface area (Å²) in [4.78, 5) is 12.9. The molecule has 0 bridgehead atoms. The average molecular weight is 485 g/mol. The van der Waals surface area contributed by atoms with Crippen molar-refractivity contribution in [3.63, 3.8) is 0 Å². The van der Waals surface area contributed by atoms with Gasteiger partial charge in [0.25, 0.3) is 5.91 Å². The summed E-state index contributed by atoms with van der Waals surface area (Å²) in [6.45, 7) is 17.5. The van der Waals surface area contributed by atoms with Gasteiger partial charge in [-0.05, 0) is 50.8 Å². The van der Waals surface area contributed by atoms with Crippen molar-refractivity contribution in [2.45, 2.75) is 78.9 Å². The Morgan fingerprint density at radius 2 is 1.57 bits per heavy atom. The summed E-state index contributed by atoms with van der Waals surface area (Å²) < 4.78 is 47.0. The summed E-state index contributed by atoms with van der Waals surface area (Å²) in [5.74, 6) is -1.81. The number of halogens is 2. The van der Waals surface area contributed by atoms with Gasteiger partial charge in [-0.2, -0.15) is 0 Å². The number of nitrogens with one attached hydrogen (secondary N) is 1. The smallest absolute Gasteiger partial charge is 0.460 e. The van der Waals surface area contributed by atoms with Crippen LogP contribution in [0.15, 0.2) is 41.0 Å². The zero-order chi connectivity index (χ0) is 26.3. The van der Waals surface area contributed by atoms with Crippen LogP contribution in [-0.4, -0.2) is 24.2 Å². The number of fused-ring (bicyclic) bond motifs is 1. The van der Waals surface area contributed by atoms with E-state index in [-0.39, 0.29) is 33.1 Å². The van der Waals surface area contributed by atoms with Gasteiger partial charge in [0.1, 0.15) is 12.1 Å². The van der Waals surface area contributed by atoms with Crippen molar-refractivity contribution in [2.75, 3.05) is 5.32 Å². The lowest BCUT2D eigenvalue weighted by atomic mass is 9.78. The fraction of sp³-hybridized carbons (Fsp3) is 0.444. The molecular formula is C27H34BF2NO4. The molecule has 1 amide bonds. The highest BCUT2D eigenvalue weighted by Crippen LogP contribution is 2.37. The molecule has 4 rings (SSSR count). The summed E-state index contributed by atoms with van der Waals surface area (Å²) in [5.41, 5.74) is -0.349. The molecule has 0 radical (unpaired) electrons.